The van der Waals surface area contributed by atoms with Gasteiger partial charge in [-0.15, -0.1) is 0 Å². The standard InChI is InChI=1S/C24H30N2O5S/c1-17(31-20-10-9-18-7-3-4-8-19(18)15-20)24(27)25-22-16-21(11-12-23(22)30-2)32(28,29)26-13-5-6-14-26/h9-12,15-17H,3-8,13-14H2,1-2H3,(H,25,27)/t17-/m1/s1. The lowest BCUT2D eigenvalue weighted by molar-refractivity contribution is -0.122. The molecule has 1 aliphatic heterocycles. The minimum atomic E-state index is -3.60. The number of hydrogen-bond donors (Lipinski definition) is 1. The van der Waals surface area contributed by atoms with Crippen LogP contribution >= 0.6 is 0 Å². The number of carbonyl (C=O) groups is 1. The molecule has 1 fully saturated rings. The summed E-state index contributed by atoms with van der Waals surface area (Å²) in [6, 6.07) is 10.5. The lowest BCUT2D eigenvalue weighted by Crippen LogP contribution is -2.31. The van der Waals surface area contributed by atoms with Gasteiger partial charge in [0.1, 0.15) is 11.5 Å². The van der Waals surface area contributed by atoms with Gasteiger partial charge in [-0.25, -0.2) is 8.42 Å². The van der Waals surface area contributed by atoms with Crippen LogP contribution in [-0.4, -0.2) is 44.9 Å². The van der Waals surface area contributed by atoms with E-state index in [4.69, 9.17) is 9.47 Å². The van der Waals surface area contributed by atoms with E-state index in [1.54, 1.807) is 13.0 Å². The van der Waals surface area contributed by atoms with Crippen LogP contribution in [0.4, 0.5) is 5.69 Å². The van der Waals surface area contributed by atoms with Crippen LogP contribution in [-0.2, 0) is 27.7 Å². The second-order valence-electron chi connectivity index (χ2n) is 8.36. The average Bonchev–Trinajstić information content (AvgIpc) is 3.35. The molecule has 0 spiro atoms. The predicted molar refractivity (Wildman–Crippen MR) is 123 cm³/mol. The minimum Gasteiger partial charge on any atom is -0.495 e. The number of anilines is 1. The van der Waals surface area contributed by atoms with Crippen LogP contribution in [0.1, 0.15) is 43.7 Å². The topological polar surface area (TPSA) is 84.9 Å². The molecule has 7 nitrogen and oxygen atoms in total. The van der Waals surface area contributed by atoms with Gasteiger partial charge in [-0.05, 0) is 86.9 Å². The average molecular weight is 459 g/mol. The normalized spacial score (nSPS) is 17.4. The predicted octanol–water partition coefficient (Wildman–Crippen LogP) is 3.76. The van der Waals surface area contributed by atoms with Crippen LogP contribution in [0, 0.1) is 0 Å². The molecule has 2 aromatic carbocycles. The van der Waals surface area contributed by atoms with Gasteiger partial charge in [-0.2, -0.15) is 4.31 Å². The van der Waals surface area contributed by atoms with Crippen molar-refractivity contribution >= 4 is 21.6 Å². The van der Waals surface area contributed by atoms with Gasteiger partial charge in [0.2, 0.25) is 10.0 Å². The number of nitrogens with one attached hydrogen (secondary N) is 1. The number of carbonyl (C=O) groups excluding carboxylic acids is 1. The third-order valence-corrected chi connectivity index (χ3v) is 8.03. The van der Waals surface area contributed by atoms with E-state index in [9.17, 15) is 13.2 Å². The zero-order valence-corrected chi connectivity index (χ0v) is 19.4. The summed E-state index contributed by atoms with van der Waals surface area (Å²) >= 11 is 0. The fraction of sp³-hybridized carbons (Fsp3) is 0.458. The van der Waals surface area contributed by atoms with Gasteiger partial charge >= 0.3 is 0 Å². The maximum atomic E-state index is 12.9. The van der Waals surface area contributed by atoms with Crippen LogP contribution in [0.3, 0.4) is 0 Å². The molecule has 0 bridgehead atoms. The van der Waals surface area contributed by atoms with E-state index in [0.717, 1.165) is 25.7 Å². The summed E-state index contributed by atoms with van der Waals surface area (Å²) in [6.45, 7) is 2.70. The summed E-state index contributed by atoms with van der Waals surface area (Å²) in [5.41, 5.74) is 2.93. The molecule has 0 saturated carbocycles. The fourth-order valence-electron chi connectivity index (χ4n) is 4.30. The van der Waals surface area contributed by atoms with E-state index in [2.05, 4.69) is 11.4 Å². The summed E-state index contributed by atoms with van der Waals surface area (Å²) in [6.07, 6.45) is 5.45. The van der Waals surface area contributed by atoms with Crippen molar-refractivity contribution in [2.24, 2.45) is 0 Å². The summed E-state index contributed by atoms with van der Waals surface area (Å²) in [7, 11) is -2.13. The molecule has 2 aliphatic rings. The summed E-state index contributed by atoms with van der Waals surface area (Å²) in [5, 5.41) is 2.77. The van der Waals surface area contributed by atoms with Crippen molar-refractivity contribution in [3.63, 3.8) is 0 Å². The Morgan fingerprint density at radius 3 is 2.44 bits per heavy atom. The molecule has 1 amide bonds. The highest BCUT2D eigenvalue weighted by Crippen LogP contribution is 2.31. The van der Waals surface area contributed by atoms with Gasteiger partial charge in [0.05, 0.1) is 17.7 Å². The zero-order valence-electron chi connectivity index (χ0n) is 18.6. The summed E-state index contributed by atoms with van der Waals surface area (Å²) in [5.74, 6) is 0.669. The first kappa shape index (κ1) is 22.6. The Morgan fingerprint density at radius 1 is 1.00 bits per heavy atom. The Kier molecular flexibility index (Phi) is 6.71. The largest absolute Gasteiger partial charge is 0.495 e. The van der Waals surface area contributed by atoms with Crippen molar-refractivity contribution in [2.45, 2.75) is 56.4 Å². The van der Waals surface area contributed by atoms with Crippen LogP contribution in [0.15, 0.2) is 41.3 Å². The highest BCUT2D eigenvalue weighted by atomic mass is 32.2. The van der Waals surface area contributed by atoms with E-state index in [-0.39, 0.29) is 10.8 Å². The molecular weight excluding hydrogens is 428 g/mol. The van der Waals surface area contributed by atoms with Crippen molar-refractivity contribution in [3.8, 4) is 11.5 Å². The highest BCUT2D eigenvalue weighted by Gasteiger charge is 2.28. The molecule has 8 heteroatoms. The molecule has 1 heterocycles. The molecule has 32 heavy (non-hydrogen) atoms. The van der Waals surface area contributed by atoms with E-state index in [1.165, 1.54) is 47.5 Å². The molecule has 0 unspecified atom stereocenters. The maximum Gasteiger partial charge on any atom is 0.265 e. The fourth-order valence-corrected chi connectivity index (χ4v) is 5.84. The Hall–Kier alpha value is -2.58. The molecule has 0 radical (unpaired) electrons. The number of ether oxygens (including phenoxy) is 2. The number of sulfonamides is 1. The number of methoxy groups -OCH3 is 1. The van der Waals surface area contributed by atoms with Gasteiger partial charge in [0.15, 0.2) is 6.10 Å². The number of nitrogens with zero attached hydrogens (tertiary/aromatic N) is 1. The molecule has 1 N–H and O–H groups in total. The molecular formula is C24H30N2O5S. The Morgan fingerprint density at radius 2 is 1.72 bits per heavy atom. The summed E-state index contributed by atoms with van der Waals surface area (Å²) < 4.78 is 38.5. The van der Waals surface area contributed by atoms with Crippen molar-refractivity contribution < 1.29 is 22.7 Å². The Labute approximate surface area is 189 Å². The van der Waals surface area contributed by atoms with E-state index in [0.29, 0.717) is 30.3 Å². The molecule has 1 atom stereocenters. The molecule has 4 rings (SSSR count). The van der Waals surface area contributed by atoms with E-state index in [1.807, 2.05) is 12.1 Å². The van der Waals surface area contributed by atoms with Crippen LogP contribution in [0.25, 0.3) is 0 Å². The SMILES string of the molecule is COc1ccc(S(=O)(=O)N2CCCC2)cc1NC(=O)[C@@H](C)Oc1ccc2c(c1)CCCC2. The quantitative estimate of drug-likeness (QED) is 0.683. The molecule has 1 aliphatic carbocycles. The number of aryl methyl sites for hydroxylation is 2. The maximum absolute atomic E-state index is 12.9. The smallest absolute Gasteiger partial charge is 0.265 e. The van der Waals surface area contributed by atoms with Crippen molar-refractivity contribution in [1.29, 1.82) is 0 Å². The lowest BCUT2D eigenvalue weighted by atomic mass is 9.92. The molecule has 172 valence electrons. The van der Waals surface area contributed by atoms with Gasteiger partial charge in [-0.3, -0.25) is 4.79 Å². The first-order valence-corrected chi connectivity index (χ1v) is 12.6. The highest BCUT2D eigenvalue weighted by molar-refractivity contribution is 7.89. The second kappa shape index (κ2) is 9.50. The number of benzene rings is 2. The third kappa shape index (κ3) is 4.76. The van der Waals surface area contributed by atoms with Crippen molar-refractivity contribution in [2.75, 3.05) is 25.5 Å². The summed E-state index contributed by atoms with van der Waals surface area (Å²) in [4.78, 5) is 13.0. The number of rotatable bonds is 7. The minimum absolute atomic E-state index is 0.138. The molecule has 2 aromatic rings. The Balaban J connectivity index is 1.49. The number of hydrogen-bond acceptors (Lipinski definition) is 5. The number of fused-ring (bicyclic) bond motifs is 1. The molecule has 0 aromatic heterocycles. The van der Waals surface area contributed by atoms with Crippen molar-refractivity contribution in [1.82, 2.24) is 4.31 Å². The van der Waals surface area contributed by atoms with E-state index >= 15 is 0 Å². The lowest BCUT2D eigenvalue weighted by Gasteiger charge is -2.20. The van der Waals surface area contributed by atoms with Crippen LogP contribution in [0.5, 0.6) is 11.5 Å². The Bertz CT molecular complexity index is 1090. The molecule has 1 saturated heterocycles. The van der Waals surface area contributed by atoms with Gasteiger partial charge in [0.25, 0.3) is 5.91 Å². The third-order valence-electron chi connectivity index (χ3n) is 6.13. The van der Waals surface area contributed by atoms with Crippen LogP contribution < -0.4 is 14.8 Å². The first-order chi connectivity index (χ1) is 15.4. The van der Waals surface area contributed by atoms with Gasteiger partial charge in [-0.1, -0.05) is 6.07 Å². The van der Waals surface area contributed by atoms with Gasteiger partial charge in [0, 0.05) is 13.1 Å². The second-order valence-corrected chi connectivity index (χ2v) is 10.3. The zero-order chi connectivity index (χ0) is 22.7. The van der Waals surface area contributed by atoms with Crippen LogP contribution in [0.2, 0.25) is 0 Å². The van der Waals surface area contributed by atoms with E-state index < -0.39 is 16.1 Å². The van der Waals surface area contributed by atoms with Gasteiger partial charge < -0.3 is 14.8 Å². The monoisotopic (exact) mass is 458 g/mol. The van der Waals surface area contributed by atoms with Crippen molar-refractivity contribution in [3.05, 3.63) is 47.5 Å². The first-order valence-electron chi connectivity index (χ1n) is 11.2. The number of amides is 1.